The van der Waals surface area contributed by atoms with Crippen LogP contribution in [0.1, 0.15) is 31.5 Å². The molecule has 0 saturated heterocycles. The number of allylic oxidation sites excluding steroid dienone is 1. The molecular weight excluding hydrogens is 469 g/mol. The van der Waals surface area contributed by atoms with Gasteiger partial charge in [0.2, 0.25) is 5.88 Å². The van der Waals surface area contributed by atoms with Crippen molar-refractivity contribution in [2.75, 3.05) is 5.32 Å². The number of amides is 1. The summed E-state index contributed by atoms with van der Waals surface area (Å²) < 4.78 is 46.9. The molecule has 0 spiro atoms. The Kier molecular flexibility index (Phi) is 5.14. The van der Waals surface area contributed by atoms with Crippen LogP contribution in [0.4, 0.5) is 23.1 Å². The molecule has 2 heterocycles. The number of aromatic nitrogens is 2. The van der Waals surface area contributed by atoms with E-state index in [0.29, 0.717) is 16.6 Å². The van der Waals surface area contributed by atoms with Crippen LogP contribution in [0.5, 0.6) is 11.6 Å². The second kappa shape index (κ2) is 7.81. The number of rotatable bonds is 3. The molecule has 1 unspecified atom stereocenters. The van der Waals surface area contributed by atoms with Gasteiger partial charge in [-0.1, -0.05) is 23.0 Å². The van der Waals surface area contributed by atoms with Crippen molar-refractivity contribution in [3.63, 3.8) is 0 Å². The van der Waals surface area contributed by atoms with Crippen LogP contribution in [-0.4, -0.2) is 22.4 Å². The largest absolute Gasteiger partial charge is 0.573 e. The smallest absolute Gasteiger partial charge is 0.406 e. The lowest BCUT2D eigenvalue weighted by atomic mass is 9.76. The second-order valence-corrected chi connectivity index (χ2v) is 9.17. The Hall–Kier alpha value is -3.44. The number of nitrogens with one attached hydrogen (secondary N) is 1. The van der Waals surface area contributed by atoms with Gasteiger partial charge in [0.1, 0.15) is 5.75 Å². The number of anilines is 1. The molecule has 2 bridgehead atoms. The van der Waals surface area contributed by atoms with Crippen molar-refractivity contribution in [2.45, 2.75) is 38.6 Å². The standard InChI is InChI=1S/C23H19F3N4O3S/c1-3-14-13-9-17-15(22(14,27)10-11(13)2)5-7-19(28-17)32-21(31)30-20-29-16-6-4-12(8-18(16)34-20)33-23(24,25)26/h3-8H,9-10,27H2,1-2H3,(H,29,30,31)/b14-3+. The highest BCUT2D eigenvalue weighted by molar-refractivity contribution is 7.22. The average Bonchev–Trinajstić information content (AvgIpc) is 3.20. The first-order valence-electron chi connectivity index (χ1n) is 10.4. The number of carbonyl (C=O) groups excluding carboxylic acids is 1. The molecule has 1 aromatic carbocycles. The number of alkyl halides is 3. The fourth-order valence-electron chi connectivity index (χ4n) is 4.65. The number of halogens is 3. The van der Waals surface area contributed by atoms with E-state index in [1.54, 1.807) is 6.07 Å². The maximum Gasteiger partial charge on any atom is 0.573 e. The van der Waals surface area contributed by atoms with E-state index in [-0.39, 0.29) is 16.8 Å². The lowest BCUT2D eigenvalue weighted by Gasteiger charge is -2.33. The van der Waals surface area contributed by atoms with E-state index < -0.39 is 18.0 Å². The van der Waals surface area contributed by atoms with E-state index in [1.165, 1.54) is 23.3 Å². The van der Waals surface area contributed by atoms with Crippen molar-refractivity contribution in [2.24, 2.45) is 5.73 Å². The number of hydrogen-bond donors (Lipinski definition) is 2. The predicted octanol–water partition coefficient (Wildman–Crippen LogP) is 5.58. The van der Waals surface area contributed by atoms with Gasteiger partial charge in [-0.25, -0.2) is 14.8 Å². The highest BCUT2D eigenvalue weighted by Crippen LogP contribution is 2.50. The number of ether oxygens (including phenoxy) is 2. The van der Waals surface area contributed by atoms with Crippen molar-refractivity contribution in [3.8, 4) is 11.6 Å². The summed E-state index contributed by atoms with van der Waals surface area (Å²) in [4.78, 5) is 21.1. The first-order chi connectivity index (χ1) is 16.1. The summed E-state index contributed by atoms with van der Waals surface area (Å²) in [5.41, 5.74) is 11.7. The number of pyridine rings is 1. The summed E-state index contributed by atoms with van der Waals surface area (Å²) in [5.74, 6) is -0.252. The number of thiazole rings is 1. The van der Waals surface area contributed by atoms with Crippen molar-refractivity contribution in [3.05, 3.63) is 64.4 Å². The lowest BCUT2D eigenvalue weighted by molar-refractivity contribution is -0.274. The van der Waals surface area contributed by atoms with Crippen LogP contribution in [0, 0.1) is 0 Å². The number of fused-ring (bicyclic) bond motifs is 5. The molecule has 34 heavy (non-hydrogen) atoms. The van der Waals surface area contributed by atoms with Gasteiger partial charge in [0.25, 0.3) is 0 Å². The average molecular weight is 488 g/mol. The third-order valence-electron chi connectivity index (χ3n) is 5.93. The van der Waals surface area contributed by atoms with E-state index in [9.17, 15) is 18.0 Å². The summed E-state index contributed by atoms with van der Waals surface area (Å²) in [6, 6.07) is 7.17. The predicted molar refractivity (Wildman–Crippen MR) is 121 cm³/mol. The third kappa shape index (κ3) is 3.90. The highest BCUT2D eigenvalue weighted by atomic mass is 32.1. The summed E-state index contributed by atoms with van der Waals surface area (Å²) >= 11 is 0.991. The van der Waals surface area contributed by atoms with Gasteiger partial charge >= 0.3 is 12.5 Å². The van der Waals surface area contributed by atoms with E-state index in [4.69, 9.17) is 10.5 Å². The zero-order chi connectivity index (χ0) is 24.3. The normalized spacial score (nSPS) is 20.6. The Balaban J connectivity index is 1.32. The summed E-state index contributed by atoms with van der Waals surface area (Å²) in [7, 11) is 0. The monoisotopic (exact) mass is 488 g/mol. The van der Waals surface area contributed by atoms with Crippen LogP contribution in [0.3, 0.4) is 0 Å². The fourth-order valence-corrected chi connectivity index (χ4v) is 5.53. The Labute approximate surface area is 196 Å². The number of carbonyl (C=O) groups is 1. The van der Waals surface area contributed by atoms with E-state index in [0.717, 1.165) is 40.7 Å². The second-order valence-electron chi connectivity index (χ2n) is 8.14. The van der Waals surface area contributed by atoms with Crippen LogP contribution in [0.15, 0.2) is 53.1 Å². The van der Waals surface area contributed by atoms with Crippen LogP contribution < -0.4 is 20.5 Å². The van der Waals surface area contributed by atoms with E-state index >= 15 is 0 Å². The molecule has 2 aliphatic rings. The summed E-state index contributed by atoms with van der Waals surface area (Å²) in [6.07, 6.45) is -2.23. The molecule has 11 heteroatoms. The van der Waals surface area contributed by atoms with Gasteiger partial charge in [-0.05, 0) is 55.2 Å². The highest BCUT2D eigenvalue weighted by Gasteiger charge is 2.45. The minimum atomic E-state index is -4.79. The molecule has 5 rings (SSSR count). The number of nitrogens with two attached hydrogens (primary N) is 1. The molecule has 3 N–H and O–H groups in total. The van der Waals surface area contributed by atoms with Crippen molar-refractivity contribution >= 4 is 32.8 Å². The molecule has 0 fully saturated rings. The molecule has 7 nitrogen and oxygen atoms in total. The van der Waals surface area contributed by atoms with E-state index in [2.05, 4.69) is 26.9 Å². The Morgan fingerprint density at radius 3 is 2.79 bits per heavy atom. The van der Waals surface area contributed by atoms with Gasteiger partial charge in [-0.2, -0.15) is 0 Å². The molecule has 1 amide bonds. The molecule has 0 saturated carbocycles. The number of benzene rings is 1. The molecule has 0 radical (unpaired) electrons. The molecule has 2 aromatic heterocycles. The molecule has 0 aliphatic heterocycles. The maximum atomic E-state index is 12.4. The lowest BCUT2D eigenvalue weighted by Crippen LogP contribution is -2.40. The SMILES string of the molecule is C/C=C1\C2=C(C)CC1(N)c1ccc(OC(=O)Nc3nc4ccc(OC(F)(F)F)cc4s3)nc1C2. The quantitative estimate of drug-likeness (QED) is 0.500. The van der Waals surface area contributed by atoms with Crippen molar-refractivity contribution < 1.29 is 27.4 Å². The van der Waals surface area contributed by atoms with Gasteiger partial charge in [0, 0.05) is 18.6 Å². The van der Waals surface area contributed by atoms with Gasteiger partial charge in [-0.15, -0.1) is 13.2 Å². The topological polar surface area (TPSA) is 99.4 Å². The van der Waals surface area contributed by atoms with Gasteiger partial charge < -0.3 is 15.2 Å². The minimum Gasteiger partial charge on any atom is -0.406 e. The molecule has 1 atom stereocenters. The van der Waals surface area contributed by atoms with Crippen LogP contribution in [0.2, 0.25) is 0 Å². The zero-order valence-electron chi connectivity index (χ0n) is 18.1. The third-order valence-corrected chi connectivity index (χ3v) is 6.86. The van der Waals surface area contributed by atoms with Crippen LogP contribution in [-0.2, 0) is 12.0 Å². The molecular formula is C23H19F3N4O3S. The minimum absolute atomic E-state index is 0.114. The molecule has 2 aliphatic carbocycles. The zero-order valence-corrected chi connectivity index (χ0v) is 18.9. The summed E-state index contributed by atoms with van der Waals surface area (Å²) in [6.45, 7) is 4.04. The first kappa shape index (κ1) is 22.4. The number of nitrogens with zero attached hydrogens (tertiary/aromatic N) is 2. The van der Waals surface area contributed by atoms with Gasteiger partial charge in [-0.3, -0.25) is 5.32 Å². The molecule has 3 aromatic rings. The van der Waals surface area contributed by atoms with Crippen molar-refractivity contribution in [1.29, 1.82) is 0 Å². The van der Waals surface area contributed by atoms with Gasteiger partial charge in [0.05, 0.1) is 21.4 Å². The maximum absolute atomic E-state index is 12.4. The van der Waals surface area contributed by atoms with Crippen LogP contribution >= 0.6 is 11.3 Å². The summed E-state index contributed by atoms with van der Waals surface area (Å²) in [5, 5.41) is 2.65. The van der Waals surface area contributed by atoms with Crippen LogP contribution in [0.25, 0.3) is 10.2 Å². The Morgan fingerprint density at radius 2 is 2.06 bits per heavy atom. The Bertz CT molecular complexity index is 1400. The van der Waals surface area contributed by atoms with Crippen molar-refractivity contribution in [1.82, 2.24) is 9.97 Å². The molecule has 176 valence electrons. The first-order valence-corrected chi connectivity index (χ1v) is 11.2. The van der Waals surface area contributed by atoms with E-state index in [1.807, 2.05) is 19.1 Å². The Morgan fingerprint density at radius 1 is 1.26 bits per heavy atom. The number of hydrogen-bond acceptors (Lipinski definition) is 7. The van der Waals surface area contributed by atoms with Gasteiger partial charge in [0.15, 0.2) is 5.13 Å². The fraction of sp³-hybridized carbons (Fsp3) is 0.261.